The first-order chi connectivity index (χ1) is 9.49. The lowest BCUT2D eigenvalue weighted by Gasteiger charge is -2.15. The van der Waals surface area contributed by atoms with Crippen LogP contribution in [-0.4, -0.2) is 16.1 Å². The number of hydrogen-bond acceptors (Lipinski definition) is 2. The molecule has 1 aromatic carbocycles. The largest absolute Gasteiger partial charge is 0.481 e. The standard InChI is InChI=1S/C15H13BrClNO2/c1-9-6-11(16)8-18-14(9)12(15(19)20)7-10-4-2-3-5-13(10)17/h2-6,8,12H,7H2,1H3,(H,19,20). The van der Waals surface area contributed by atoms with E-state index >= 15 is 0 Å². The van der Waals surface area contributed by atoms with E-state index in [1.807, 2.05) is 31.2 Å². The van der Waals surface area contributed by atoms with Crippen LogP contribution in [0.25, 0.3) is 0 Å². The zero-order valence-corrected chi connectivity index (χ0v) is 13.1. The minimum atomic E-state index is -0.900. The van der Waals surface area contributed by atoms with E-state index in [9.17, 15) is 9.90 Å². The van der Waals surface area contributed by atoms with Crippen LogP contribution in [0.4, 0.5) is 0 Å². The van der Waals surface area contributed by atoms with Gasteiger partial charge in [-0.3, -0.25) is 9.78 Å². The van der Waals surface area contributed by atoms with Crippen molar-refractivity contribution in [3.8, 4) is 0 Å². The van der Waals surface area contributed by atoms with E-state index in [2.05, 4.69) is 20.9 Å². The summed E-state index contributed by atoms with van der Waals surface area (Å²) in [6.45, 7) is 1.86. The first kappa shape index (κ1) is 15.0. The quantitative estimate of drug-likeness (QED) is 0.894. The number of carbonyl (C=O) groups is 1. The number of halogens is 2. The summed E-state index contributed by atoms with van der Waals surface area (Å²) < 4.78 is 0.834. The molecule has 1 N–H and O–H groups in total. The van der Waals surface area contributed by atoms with Gasteiger partial charge in [-0.15, -0.1) is 0 Å². The molecule has 2 aromatic rings. The summed E-state index contributed by atoms with van der Waals surface area (Å²) in [5, 5.41) is 10.1. The van der Waals surface area contributed by atoms with Crippen molar-refractivity contribution in [2.45, 2.75) is 19.3 Å². The minimum Gasteiger partial charge on any atom is -0.481 e. The number of aromatic nitrogens is 1. The lowest BCUT2D eigenvalue weighted by atomic mass is 9.93. The maximum absolute atomic E-state index is 11.6. The van der Waals surface area contributed by atoms with Crippen molar-refractivity contribution in [3.05, 3.63) is 62.8 Å². The third kappa shape index (κ3) is 3.38. The van der Waals surface area contributed by atoms with Gasteiger partial charge >= 0.3 is 5.97 Å². The topological polar surface area (TPSA) is 50.2 Å². The van der Waals surface area contributed by atoms with Crippen LogP contribution in [0, 0.1) is 6.92 Å². The summed E-state index contributed by atoms with van der Waals surface area (Å²) in [6.07, 6.45) is 1.94. The number of pyridine rings is 1. The molecule has 0 bridgehead atoms. The maximum atomic E-state index is 11.6. The predicted octanol–water partition coefficient (Wildman–Crippen LogP) is 4.22. The fourth-order valence-electron chi connectivity index (χ4n) is 2.10. The second-order valence-electron chi connectivity index (χ2n) is 4.54. The monoisotopic (exact) mass is 353 g/mol. The van der Waals surface area contributed by atoms with Gasteiger partial charge in [0.25, 0.3) is 0 Å². The van der Waals surface area contributed by atoms with Gasteiger partial charge in [0.05, 0.1) is 5.69 Å². The fourth-order valence-corrected chi connectivity index (χ4v) is 2.76. The Balaban J connectivity index is 2.37. The van der Waals surface area contributed by atoms with Gasteiger partial charge in [0, 0.05) is 15.7 Å². The van der Waals surface area contributed by atoms with Gasteiger partial charge in [0.1, 0.15) is 5.92 Å². The molecular weight excluding hydrogens is 342 g/mol. The summed E-state index contributed by atoms with van der Waals surface area (Å²) >= 11 is 9.43. The lowest BCUT2D eigenvalue weighted by Crippen LogP contribution is -2.17. The van der Waals surface area contributed by atoms with Crippen LogP contribution in [0.1, 0.15) is 22.7 Å². The molecule has 0 aliphatic carbocycles. The average Bonchev–Trinajstić information content (AvgIpc) is 2.38. The number of rotatable bonds is 4. The van der Waals surface area contributed by atoms with Crippen molar-refractivity contribution in [1.82, 2.24) is 4.98 Å². The van der Waals surface area contributed by atoms with Crippen LogP contribution in [0.5, 0.6) is 0 Å². The smallest absolute Gasteiger partial charge is 0.312 e. The number of aliphatic carboxylic acids is 1. The summed E-state index contributed by atoms with van der Waals surface area (Å²) in [5.74, 6) is -1.61. The van der Waals surface area contributed by atoms with Gasteiger partial charge in [0.2, 0.25) is 0 Å². The van der Waals surface area contributed by atoms with Crippen LogP contribution < -0.4 is 0 Å². The number of hydrogen-bond donors (Lipinski definition) is 1. The number of carboxylic acids is 1. The Kier molecular flexibility index (Phi) is 4.78. The molecule has 104 valence electrons. The molecule has 1 heterocycles. The molecule has 0 aliphatic rings. The normalized spacial score (nSPS) is 12.2. The minimum absolute atomic E-state index is 0.324. The van der Waals surface area contributed by atoms with E-state index in [-0.39, 0.29) is 0 Å². The molecule has 20 heavy (non-hydrogen) atoms. The van der Waals surface area contributed by atoms with Gasteiger partial charge in [-0.2, -0.15) is 0 Å². The van der Waals surface area contributed by atoms with E-state index in [4.69, 9.17) is 11.6 Å². The second-order valence-corrected chi connectivity index (χ2v) is 5.86. The Morgan fingerprint density at radius 1 is 1.45 bits per heavy atom. The van der Waals surface area contributed by atoms with Crippen LogP contribution in [0.3, 0.4) is 0 Å². The molecule has 0 radical (unpaired) electrons. The highest BCUT2D eigenvalue weighted by atomic mass is 79.9. The highest BCUT2D eigenvalue weighted by molar-refractivity contribution is 9.10. The van der Waals surface area contributed by atoms with Gasteiger partial charge in [0.15, 0.2) is 0 Å². The maximum Gasteiger partial charge on any atom is 0.312 e. The molecule has 0 saturated carbocycles. The van der Waals surface area contributed by atoms with E-state index in [1.165, 1.54) is 0 Å². The molecule has 0 amide bonds. The Morgan fingerprint density at radius 3 is 2.75 bits per heavy atom. The van der Waals surface area contributed by atoms with Crippen molar-refractivity contribution >= 4 is 33.5 Å². The van der Waals surface area contributed by atoms with Gasteiger partial charge in [-0.05, 0) is 52.5 Å². The number of nitrogens with zero attached hydrogens (tertiary/aromatic N) is 1. The summed E-state index contributed by atoms with van der Waals surface area (Å²) in [7, 11) is 0. The van der Waals surface area contributed by atoms with Gasteiger partial charge in [-0.1, -0.05) is 29.8 Å². The molecule has 0 fully saturated rings. The fraction of sp³-hybridized carbons (Fsp3) is 0.200. The Morgan fingerprint density at radius 2 is 2.15 bits per heavy atom. The molecule has 1 atom stereocenters. The highest BCUT2D eigenvalue weighted by Crippen LogP contribution is 2.27. The second kappa shape index (κ2) is 6.37. The number of benzene rings is 1. The zero-order valence-electron chi connectivity index (χ0n) is 10.8. The van der Waals surface area contributed by atoms with Crippen molar-refractivity contribution in [2.75, 3.05) is 0 Å². The number of aryl methyl sites for hydroxylation is 1. The van der Waals surface area contributed by atoms with E-state index < -0.39 is 11.9 Å². The first-order valence-corrected chi connectivity index (χ1v) is 7.24. The van der Waals surface area contributed by atoms with E-state index in [0.29, 0.717) is 17.1 Å². The van der Waals surface area contributed by atoms with E-state index in [1.54, 1.807) is 12.3 Å². The molecule has 0 aliphatic heterocycles. The molecule has 2 rings (SSSR count). The molecule has 1 unspecified atom stereocenters. The molecule has 0 spiro atoms. The first-order valence-electron chi connectivity index (χ1n) is 6.07. The van der Waals surface area contributed by atoms with Crippen LogP contribution in [0.15, 0.2) is 41.0 Å². The number of carboxylic acid groups (broad SMARTS) is 1. The summed E-state index contributed by atoms with van der Waals surface area (Å²) in [5.41, 5.74) is 2.23. The predicted molar refractivity (Wildman–Crippen MR) is 82.2 cm³/mol. The van der Waals surface area contributed by atoms with Crippen LogP contribution in [-0.2, 0) is 11.2 Å². The zero-order chi connectivity index (χ0) is 14.7. The molecule has 0 saturated heterocycles. The highest BCUT2D eigenvalue weighted by Gasteiger charge is 2.24. The van der Waals surface area contributed by atoms with Crippen molar-refractivity contribution in [1.29, 1.82) is 0 Å². The third-order valence-electron chi connectivity index (χ3n) is 3.10. The van der Waals surface area contributed by atoms with Crippen LogP contribution in [0.2, 0.25) is 5.02 Å². The summed E-state index contributed by atoms with van der Waals surface area (Å²) in [4.78, 5) is 15.8. The average molecular weight is 355 g/mol. The van der Waals surface area contributed by atoms with E-state index in [0.717, 1.165) is 15.6 Å². The van der Waals surface area contributed by atoms with Crippen molar-refractivity contribution < 1.29 is 9.90 Å². The molecule has 1 aromatic heterocycles. The Bertz CT molecular complexity index is 646. The van der Waals surface area contributed by atoms with Crippen LogP contribution >= 0.6 is 27.5 Å². The lowest BCUT2D eigenvalue weighted by molar-refractivity contribution is -0.138. The van der Waals surface area contributed by atoms with Gasteiger partial charge in [-0.25, -0.2) is 0 Å². The SMILES string of the molecule is Cc1cc(Br)cnc1C(Cc1ccccc1Cl)C(=O)O. The Hall–Kier alpha value is -1.39. The Labute approximate surface area is 130 Å². The van der Waals surface area contributed by atoms with Gasteiger partial charge < -0.3 is 5.11 Å². The molecule has 5 heteroatoms. The van der Waals surface area contributed by atoms with Crippen molar-refractivity contribution in [3.63, 3.8) is 0 Å². The summed E-state index contributed by atoms with van der Waals surface area (Å²) in [6, 6.07) is 9.14. The molecular formula is C15H13BrClNO2. The third-order valence-corrected chi connectivity index (χ3v) is 3.90. The van der Waals surface area contributed by atoms with Crippen molar-refractivity contribution in [2.24, 2.45) is 0 Å². The molecule has 3 nitrogen and oxygen atoms in total.